The van der Waals surface area contributed by atoms with Gasteiger partial charge in [0.25, 0.3) is 0 Å². The summed E-state index contributed by atoms with van der Waals surface area (Å²) in [5.41, 5.74) is 0. The van der Waals surface area contributed by atoms with Crippen LogP contribution in [0, 0.1) is 0 Å². The van der Waals surface area contributed by atoms with Crippen molar-refractivity contribution in [3.05, 3.63) is 0 Å². The Hall–Kier alpha value is 0.430. The highest BCUT2D eigenvalue weighted by atomic mass is 79.9. The summed E-state index contributed by atoms with van der Waals surface area (Å²) in [6.07, 6.45) is 1.24. The van der Waals surface area contributed by atoms with Crippen LogP contribution in [0.4, 0.5) is 0 Å². The van der Waals surface area contributed by atoms with E-state index in [-0.39, 0.29) is 0 Å². The first-order valence-corrected chi connectivity index (χ1v) is 5.58. The second kappa shape index (κ2) is 2.58. The molecule has 0 atom stereocenters. The highest BCUT2D eigenvalue weighted by Gasteiger charge is 2.28. The van der Waals surface area contributed by atoms with Gasteiger partial charge in [-0.05, 0) is 13.8 Å². The smallest absolute Gasteiger partial charge is 0.153 e. The highest BCUT2D eigenvalue weighted by Crippen LogP contribution is 2.16. The topological polar surface area (TPSA) is 34.1 Å². The summed E-state index contributed by atoms with van der Waals surface area (Å²) in [4.78, 5) is 0. The van der Waals surface area contributed by atoms with Gasteiger partial charge in [-0.25, -0.2) is 8.42 Å². The number of hydrogen-bond acceptors (Lipinski definition) is 2. The minimum absolute atomic E-state index is 0.485. The fourth-order valence-corrected chi connectivity index (χ4v) is 1.54. The molecule has 0 amide bonds. The fraction of sp³-hybridized carbons (Fsp3) is 1.00. The fourth-order valence-electron chi connectivity index (χ4n) is 0.0991. The molecule has 0 bridgehead atoms. The molecule has 9 heavy (non-hydrogen) atoms. The highest BCUT2D eigenvalue weighted by molar-refractivity contribution is 9.09. The van der Waals surface area contributed by atoms with Crippen molar-refractivity contribution >= 4 is 25.8 Å². The third-order valence-corrected chi connectivity index (χ3v) is 5.25. The van der Waals surface area contributed by atoms with Crippen LogP contribution in [-0.4, -0.2) is 24.8 Å². The molecule has 0 fully saturated rings. The molecule has 0 aromatic rings. The lowest BCUT2D eigenvalue weighted by Crippen LogP contribution is -2.32. The normalized spacial score (nSPS) is 13.8. The maximum absolute atomic E-state index is 10.9. The van der Waals surface area contributed by atoms with Gasteiger partial charge in [0.1, 0.15) is 0 Å². The monoisotopic (exact) mass is 214 g/mol. The van der Waals surface area contributed by atoms with Crippen LogP contribution in [-0.2, 0) is 9.84 Å². The Bertz CT molecular complexity index is 181. The molecule has 56 valence electrons. The van der Waals surface area contributed by atoms with E-state index in [1.54, 1.807) is 13.8 Å². The third-order valence-electron chi connectivity index (χ3n) is 1.33. The average Bonchev–Trinajstić information content (AvgIpc) is 1.64. The number of halogens is 1. The van der Waals surface area contributed by atoms with E-state index in [4.69, 9.17) is 0 Å². The molecular formula is C5H11BrO2S. The molecule has 0 aromatic heterocycles. The second-order valence-corrected chi connectivity index (χ2v) is 5.88. The van der Waals surface area contributed by atoms with Gasteiger partial charge in [-0.2, -0.15) is 0 Å². The maximum atomic E-state index is 10.9. The molecule has 0 aromatic carbocycles. The van der Waals surface area contributed by atoms with E-state index in [2.05, 4.69) is 15.9 Å². The van der Waals surface area contributed by atoms with E-state index >= 15 is 0 Å². The molecule has 0 saturated carbocycles. The molecule has 0 spiro atoms. The predicted octanol–water partition coefficient (Wildman–Crippen LogP) is 1.20. The van der Waals surface area contributed by atoms with Gasteiger partial charge in [0, 0.05) is 11.6 Å². The Kier molecular flexibility index (Phi) is 2.70. The zero-order valence-electron chi connectivity index (χ0n) is 5.81. The molecule has 0 radical (unpaired) electrons. The van der Waals surface area contributed by atoms with E-state index in [1.807, 2.05) is 0 Å². The third kappa shape index (κ3) is 2.26. The zero-order valence-corrected chi connectivity index (χ0v) is 8.21. The summed E-state index contributed by atoms with van der Waals surface area (Å²) < 4.78 is 21.1. The predicted molar refractivity (Wildman–Crippen MR) is 42.7 cm³/mol. The van der Waals surface area contributed by atoms with Crippen molar-refractivity contribution in [2.75, 3.05) is 11.6 Å². The molecule has 0 rings (SSSR count). The quantitative estimate of drug-likeness (QED) is 0.648. The molecule has 0 unspecified atom stereocenters. The van der Waals surface area contributed by atoms with Crippen LogP contribution in [0.5, 0.6) is 0 Å². The van der Waals surface area contributed by atoms with Gasteiger partial charge in [-0.3, -0.25) is 0 Å². The first-order chi connectivity index (χ1) is 3.81. The van der Waals surface area contributed by atoms with Gasteiger partial charge in [-0.1, -0.05) is 15.9 Å². The Morgan fingerprint density at radius 3 is 1.78 bits per heavy atom. The van der Waals surface area contributed by atoms with Gasteiger partial charge in [0.05, 0.1) is 4.75 Å². The van der Waals surface area contributed by atoms with Crippen molar-refractivity contribution in [1.29, 1.82) is 0 Å². The van der Waals surface area contributed by atoms with Gasteiger partial charge in [0.2, 0.25) is 0 Å². The summed E-state index contributed by atoms with van der Waals surface area (Å²) in [7, 11) is -2.90. The summed E-state index contributed by atoms with van der Waals surface area (Å²) in [6.45, 7) is 3.38. The van der Waals surface area contributed by atoms with Crippen LogP contribution >= 0.6 is 15.9 Å². The summed E-state index contributed by atoms with van der Waals surface area (Å²) >= 11 is 3.13. The molecule has 4 heteroatoms. The lowest BCUT2D eigenvalue weighted by Gasteiger charge is -2.18. The number of sulfone groups is 1. The van der Waals surface area contributed by atoms with Crippen LogP contribution in [0.1, 0.15) is 13.8 Å². The van der Waals surface area contributed by atoms with E-state index in [9.17, 15) is 8.42 Å². The van der Waals surface area contributed by atoms with E-state index in [0.29, 0.717) is 5.33 Å². The number of rotatable bonds is 2. The average molecular weight is 215 g/mol. The van der Waals surface area contributed by atoms with Crippen LogP contribution in [0.3, 0.4) is 0 Å². The molecule has 0 aliphatic carbocycles. The van der Waals surface area contributed by atoms with Crippen LogP contribution in [0.2, 0.25) is 0 Å². The van der Waals surface area contributed by atoms with E-state index in [1.165, 1.54) is 6.26 Å². The largest absolute Gasteiger partial charge is 0.229 e. The van der Waals surface area contributed by atoms with Crippen LogP contribution in [0.15, 0.2) is 0 Å². The lowest BCUT2D eigenvalue weighted by molar-refractivity contribution is 0.569. The molecule has 0 aliphatic heterocycles. The second-order valence-electron chi connectivity index (χ2n) is 2.67. The van der Waals surface area contributed by atoms with E-state index in [0.717, 1.165) is 0 Å². The maximum Gasteiger partial charge on any atom is 0.153 e. The van der Waals surface area contributed by atoms with E-state index < -0.39 is 14.6 Å². The molecule has 2 nitrogen and oxygen atoms in total. The van der Waals surface area contributed by atoms with Crippen molar-refractivity contribution in [2.45, 2.75) is 18.6 Å². The standard InChI is InChI=1S/C5H11BrO2S/c1-5(2,4-6)9(3,7)8/h4H2,1-3H3. The molecule has 0 heterocycles. The zero-order chi connectivity index (χ0) is 7.71. The Balaban J connectivity index is 4.56. The van der Waals surface area contributed by atoms with Gasteiger partial charge in [0.15, 0.2) is 9.84 Å². The molecule has 0 N–H and O–H groups in total. The van der Waals surface area contributed by atoms with Crippen molar-refractivity contribution < 1.29 is 8.42 Å². The van der Waals surface area contributed by atoms with Crippen molar-refractivity contribution in [3.8, 4) is 0 Å². The van der Waals surface area contributed by atoms with Gasteiger partial charge in [-0.15, -0.1) is 0 Å². The molecular weight excluding hydrogens is 204 g/mol. The first kappa shape index (κ1) is 9.43. The minimum atomic E-state index is -2.90. The Morgan fingerprint density at radius 2 is 1.78 bits per heavy atom. The Morgan fingerprint density at radius 1 is 1.44 bits per heavy atom. The van der Waals surface area contributed by atoms with Crippen LogP contribution < -0.4 is 0 Å². The number of hydrogen-bond donors (Lipinski definition) is 0. The minimum Gasteiger partial charge on any atom is -0.229 e. The van der Waals surface area contributed by atoms with Crippen molar-refractivity contribution in [1.82, 2.24) is 0 Å². The van der Waals surface area contributed by atoms with Gasteiger partial charge >= 0.3 is 0 Å². The summed E-state index contributed by atoms with van der Waals surface area (Å²) in [5, 5.41) is 0.485. The van der Waals surface area contributed by atoms with Crippen molar-refractivity contribution in [3.63, 3.8) is 0 Å². The van der Waals surface area contributed by atoms with Gasteiger partial charge < -0.3 is 0 Å². The summed E-state index contributed by atoms with van der Waals surface area (Å²) in [6, 6.07) is 0. The SMILES string of the molecule is CC(C)(CBr)S(C)(=O)=O. The Labute approximate surface area is 64.7 Å². The number of alkyl halides is 1. The van der Waals surface area contributed by atoms with Crippen molar-refractivity contribution in [2.24, 2.45) is 0 Å². The van der Waals surface area contributed by atoms with Crippen LogP contribution in [0.25, 0.3) is 0 Å². The summed E-state index contributed by atoms with van der Waals surface area (Å²) in [5.74, 6) is 0. The molecule has 0 aliphatic rings. The molecule has 0 saturated heterocycles. The first-order valence-electron chi connectivity index (χ1n) is 2.57. The lowest BCUT2D eigenvalue weighted by atomic mass is 10.3.